The highest BCUT2D eigenvalue weighted by Gasteiger charge is 2.34. The van der Waals surface area contributed by atoms with Gasteiger partial charge in [0.1, 0.15) is 12.6 Å². The molecule has 0 unspecified atom stereocenters. The van der Waals surface area contributed by atoms with Crippen molar-refractivity contribution < 1.29 is 18.0 Å². The predicted molar refractivity (Wildman–Crippen MR) is 174 cm³/mol. The number of carbonyl (C=O) groups is 2. The van der Waals surface area contributed by atoms with Crippen LogP contribution in [0.15, 0.2) is 119 Å². The molecule has 1 atom stereocenters. The van der Waals surface area contributed by atoms with E-state index in [1.807, 2.05) is 81.4 Å². The summed E-state index contributed by atoms with van der Waals surface area (Å²) in [7, 11) is -4.12. The van der Waals surface area contributed by atoms with Crippen molar-refractivity contribution in [1.29, 1.82) is 0 Å². The third kappa shape index (κ3) is 8.55. The van der Waals surface area contributed by atoms with Gasteiger partial charge in [0, 0.05) is 23.5 Å². The van der Waals surface area contributed by atoms with Crippen molar-refractivity contribution >= 4 is 43.5 Å². The van der Waals surface area contributed by atoms with Gasteiger partial charge in [-0.2, -0.15) is 0 Å². The summed E-state index contributed by atoms with van der Waals surface area (Å²) in [6, 6.07) is 31.0. The number of nitrogens with one attached hydrogen (secondary N) is 1. The second-order valence-electron chi connectivity index (χ2n) is 10.7. The minimum absolute atomic E-state index is 0.0714. The molecular formula is C34H36BrN3O4S. The van der Waals surface area contributed by atoms with Gasteiger partial charge in [-0.05, 0) is 73.9 Å². The maximum atomic E-state index is 14.4. The number of sulfonamides is 1. The van der Waals surface area contributed by atoms with Gasteiger partial charge in [0.15, 0.2) is 0 Å². The zero-order valence-electron chi connectivity index (χ0n) is 24.5. The molecule has 0 radical (unpaired) electrons. The highest BCUT2D eigenvalue weighted by molar-refractivity contribution is 9.10. The Morgan fingerprint density at radius 2 is 1.44 bits per heavy atom. The van der Waals surface area contributed by atoms with Gasteiger partial charge in [0.05, 0.1) is 10.6 Å². The third-order valence-corrected chi connectivity index (χ3v) is 9.18. The second-order valence-corrected chi connectivity index (χ2v) is 13.5. The lowest BCUT2D eigenvalue weighted by molar-refractivity contribution is -0.140. The Balaban J connectivity index is 1.80. The Bertz CT molecular complexity index is 1630. The van der Waals surface area contributed by atoms with Crippen molar-refractivity contribution in [3.05, 3.63) is 130 Å². The quantitative estimate of drug-likeness (QED) is 0.198. The molecule has 7 nitrogen and oxygen atoms in total. The topological polar surface area (TPSA) is 86.8 Å². The zero-order valence-corrected chi connectivity index (χ0v) is 26.9. The molecule has 1 N–H and O–H groups in total. The third-order valence-electron chi connectivity index (χ3n) is 6.87. The maximum Gasteiger partial charge on any atom is 0.264 e. The molecule has 4 aromatic carbocycles. The normalized spacial score (nSPS) is 12.0. The smallest absolute Gasteiger partial charge is 0.264 e. The van der Waals surface area contributed by atoms with Gasteiger partial charge in [0.25, 0.3) is 10.0 Å². The van der Waals surface area contributed by atoms with Crippen LogP contribution < -0.4 is 9.62 Å². The van der Waals surface area contributed by atoms with Crippen molar-refractivity contribution in [2.45, 2.75) is 50.7 Å². The molecule has 0 bridgehead atoms. The van der Waals surface area contributed by atoms with Crippen molar-refractivity contribution in [1.82, 2.24) is 10.2 Å². The van der Waals surface area contributed by atoms with Gasteiger partial charge in [-0.3, -0.25) is 13.9 Å². The molecule has 4 rings (SSSR count). The molecule has 2 amide bonds. The van der Waals surface area contributed by atoms with Gasteiger partial charge in [-0.25, -0.2) is 8.42 Å². The van der Waals surface area contributed by atoms with Gasteiger partial charge in [0.2, 0.25) is 11.8 Å². The van der Waals surface area contributed by atoms with Crippen LogP contribution in [0.1, 0.15) is 30.5 Å². The minimum atomic E-state index is -4.12. The van der Waals surface area contributed by atoms with Crippen LogP contribution in [0.2, 0.25) is 0 Å². The Morgan fingerprint density at radius 1 is 0.814 bits per heavy atom. The summed E-state index contributed by atoms with van der Waals surface area (Å²) in [5.41, 5.74) is 2.91. The second kappa shape index (κ2) is 14.5. The van der Waals surface area contributed by atoms with Crippen LogP contribution in [0.4, 0.5) is 5.69 Å². The lowest BCUT2D eigenvalue weighted by atomic mass is 10.0. The average molecular weight is 663 g/mol. The van der Waals surface area contributed by atoms with E-state index in [-0.39, 0.29) is 29.8 Å². The molecule has 0 saturated carbocycles. The summed E-state index contributed by atoms with van der Waals surface area (Å²) in [5, 5.41) is 2.97. The number of carbonyl (C=O) groups excluding carboxylic acids is 2. The molecule has 0 aromatic heterocycles. The van der Waals surface area contributed by atoms with E-state index in [0.717, 1.165) is 25.5 Å². The zero-order chi connectivity index (χ0) is 31.0. The van der Waals surface area contributed by atoms with Gasteiger partial charge < -0.3 is 10.2 Å². The molecule has 0 spiro atoms. The first-order valence-corrected chi connectivity index (χ1v) is 16.3. The lowest BCUT2D eigenvalue weighted by Crippen LogP contribution is -2.54. The molecule has 0 fully saturated rings. The van der Waals surface area contributed by atoms with Gasteiger partial charge in [-0.1, -0.05) is 88.7 Å². The van der Waals surface area contributed by atoms with E-state index in [1.165, 1.54) is 17.0 Å². The number of rotatable bonds is 12. The van der Waals surface area contributed by atoms with E-state index >= 15 is 0 Å². The predicted octanol–water partition coefficient (Wildman–Crippen LogP) is 6.12. The van der Waals surface area contributed by atoms with E-state index in [0.29, 0.717) is 5.69 Å². The summed E-state index contributed by atoms with van der Waals surface area (Å²) in [6.07, 6.45) is 0.261. The Labute approximate surface area is 262 Å². The fourth-order valence-corrected chi connectivity index (χ4v) is 6.44. The van der Waals surface area contributed by atoms with Crippen LogP contribution in [0.5, 0.6) is 0 Å². The fraction of sp³-hybridized carbons (Fsp3) is 0.235. The molecule has 224 valence electrons. The lowest BCUT2D eigenvalue weighted by Gasteiger charge is -2.34. The number of anilines is 1. The van der Waals surface area contributed by atoms with Crippen LogP contribution in [0.25, 0.3) is 0 Å². The number of benzene rings is 4. The summed E-state index contributed by atoms with van der Waals surface area (Å²) >= 11 is 3.45. The fourth-order valence-electron chi connectivity index (χ4n) is 4.75. The van der Waals surface area contributed by atoms with Crippen LogP contribution in [-0.2, 0) is 32.6 Å². The largest absolute Gasteiger partial charge is 0.352 e. The van der Waals surface area contributed by atoms with E-state index in [9.17, 15) is 18.0 Å². The van der Waals surface area contributed by atoms with E-state index in [2.05, 4.69) is 21.2 Å². The molecule has 43 heavy (non-hydrogen) atoms. The van der Waals surface area contributed by atoms with Crippen molar-refractivity contribution in [2.24, 2.45) is 0 Å². The molecule has 4 aromatic rings. The number of halogens is 1. The molecule has 0 aliphatic heterocycles. The van der Waals surface area contributed by atoms with E-state index in [4.69, 9.17) is 0 Å². The minimum Gasteiger partial charge on any atom is -0.352 e. The van der Waals surface area contributed by atoms with Crippen LogP contribution in [0, 0.1) is 6.92 Å². The van der Waals surface area contributed by atoms with Crippen molar-refractivity contribution in [3.63, 3.8) is 0 Å². The average Bonchev–Trinajstić information content (AvgIpc) is 2.99. The van der Waals surface area contributed by atoms with Gasteiger partial charge >= 0.3 is 0 Å². The van der Waals surface area contributed by atoms with E-state index < -0.39 is 28.5 Å². The first kappa shape index (κ1) is 32.0. The Hall–Kier alpha value is -3.95. The Kier molecular flexibility index (Phi) is 10.8. The SMILES string of the molecule is Cc1cccc(N(CC(=O)N(Cc2ccc(Br)cc2)[C@H](Cc2ccccc2)C(=O)NC(C)C)S(=O)(=O)c2ccccc2)c1. The first-order chi connectivity index (χ1) is 20.5. The monoisotopic (exact) mass is 661 g/mol. The van der Waals surface area contributed by atoms with Gasteiger partial charge in [-0.15, -0.1) is 0 Å². The molecule has 0 aliphatic carbocycles. The molecule has 0 aliphatic rings. The highest BCUT2D eigenvalue weighted by Crippen LogP contribution is 2.26. The van der Waals surface area contributed by atoms with Crippen LogP contribution in [0.3, 0.4) is 0 Å². The summed E-state index contributed by atoms with van der Waals surface area (Å²) in [5.74, 6) is -0.805. The van der Waals surface area contributed by atoms with Crippen LogP contribution >= 0.6 is 15.9 Å². The Morgan fingerprint density at radius 3 is 2.05 bits per heavy atom. The highest BCUT2D eigenvalue weighted by atomic mass is 79.9. The number of amides is 2. The molecule has 0 heterocycles. The first-order valence-electron chi connectivity index (χ1n) is 14.1. The van der Waals surface area contributed by atoms with E-state index in [1.54, 1.807) is 36.4 Å². The molecular weight excluding hydrogens is 626 g/mol. The number of hydrogen-bond acceptors (Lipinski definition) is 4. The maximum absolute atomic E-state index is 14.4. The molecule has 0 saturated heterocycles. The summed E-state index contributed by atoms with van der Waals surface area (Å²) in [4.78, 5) is 29.7. The van der Waals surface area contributed by atoms with Crippen molar-refractivity contribution in [2.75, 3.05) is 10.8 Å². The summed E-state index contributed by atoms with van der Waals surface area (Å²) < 4.78 is 30.0. The standard InChI is InChI=1S/C34H36BrN3O4S/c1-25(2)36-34(40)32(22-27-12-6-4-7-13-27)37(23-28-17-19-29(35)20-18-28)33(39)24-38(30-14-10-11-26(3)21-30)43(41,42)31-15-8-5-9-16-31/h4-21,25,32H,22-24H2,1-3H3,(H,36,40)/t32-/m1/s1. The number of hydrogen-bond donors (Lipinski definition) is 1. The number of nitrogens with zero attached hydrogens (tertiary/aromatic N) is 2. The number of aryl methyl sites for hydroxylation is 1. The summed E-state index contributed by atoms with van der Waals surface area (Å²) in [6.45, 7) is 5.22. The van der Waals surface area contributed by atoms with Crippen molar-refractivity contribution in [3.8, 4) is 0 Å². The molecule has 9 heteroatoms. The van der Waals surface area contributed by atoms with Crippen LogP contribution in [-0.4, -0.2) is 43.8 Å².